The summed E-state index contributed by atoms with van der Waals surface area (Å²) >= 11 is 0. The highest BCUT2D eigenvalue weighted by Gasteiger charge is 2.58. The summed E-state index contributed by atoms with van der Waals surface area (Å²) in [5.74, 6) is 3.76. The van der Waals surface area contributed by atoms with Crippen LogP contribution in [0.15, 0.2) is 0 Å². The number of rotatable bonds is 0. The smallest absolute Gasteiger partial charge is 0.0548 e. The van der Waals surface area contributed by atoms with Crippen LogP contribution in [0.4, 0.5) is 0 Å². The second-order valence-corrected chi connectivity index (χ2v) is 9.19. The molecule has 0 spiro atoms. The Kier molecular flexibility index (Phi) is 3.05. The maximum atomic E-state index is 10.2. The first-order valence-electron chi connectivity index (χ1n) is 9.21. The summed E-state index contributed by atoms with van der Waals surface area (Å²) in [7, 11) is 0. The fourth-order valence-corrected chi connectivity index (χ4v) is 7.32. The minimum Gasteiger partial charge on any atom is -0.393 e. The lowest BCUT2D eigenvalue weighted by molar-refractivity contribution is -0.103. The predicted molar refractivity (Wildman–Crippen MR) is 82.4 cm³/mol. The molecule has 1 N–H and O–H groups in total. The Balaban J connectivity index is 1.64. The van der Waals surface area contributed by atoms with E-state index in [1.807, 2.05) is 0 Å². The molecule has 4 saturated carbocycles. The molecular weight excluding hydrogens is 244 g/mol. The summed E-state index contributed by atoms with van der Waals surface area (Å²) in [4.78, 5) is 0. The van der Waals surface area contributed by atoms with Crippen molar-refractivity contribution in [2.24, 2.45) is 34.5 Å². The van der Waals surface area contributed by atoms with Crippen LogP contribution in [-0.2, 0) is 0 Å². The molecule has 0 unspecified atom stereocenters. The predicted octanol–water partition coefficient (Wildman–Crippen LogP) is 4.78. The Morgan fingerprint density at radius 1 is 0.900 bits per heavy atom. The molecule has 7 atom stereocenters. The molecule has 0 aliphatic heterocycles. The van der Waals surface area contributed by atoms with Gasteiger partial charge in [-0.05, 0) is 85.9 Å². The molecule has 0 aromatic carbocycles. The average molecular weight is 276 g/mol. The quantitative estimate of drug-likeness (QED) is 0.675. The average Bonchev–Trinajstić information content (AvgIpc) is 2.72. The van der Waals surface area contributed by atoms with Crippen molar-refractivity contribution < 1.29 is 5.11 Å². The zero-order chi connectivity index (χ0) is 14.0. The molecule has 0 amide bonds. The fourth-order valence-electron chi connectivity index (χ4n) is 7.32. The van der Waals surface area contributed by atoms with Crippen LogP contribution in [0.3, 0.4) is 0 Å². The minimum absolute atomic E-state index is 0.000588. The van der Waals surface area contributed by atoms with Crippen LogP contribution in [0, 0.1) is 34.5 Å². The van der Waals surface area contributed by atoms with Crippen molar-refractivity contribution in [1.29, 1.82) is 0 Å². The van der Waals surface area contributed by atoms with Crippen molar-refractivity contribution in [3.05, 3.63) is 0 Å². The van der Waals surface area contributed by atoms with E-state index in [4.69, 9.17) is 0 Å². The highest BCUT2D eigenvalue weighted by Crippen LogP contribution is 2.66. The van der Waals surface area contributed by atoms with Gasteiger partial charge in [-0.1, -0.05) is 26.7 Å². The fraction of sp³-hybridized carbons (Fsp3) is 1.00. The van der Waals surface area contributed by atoms with Gasteiger partial charge in [0.25, 0.3) is 0 Å². The van der Waals surface area contributed by atoms with E-state index in [-0.39, 0.29) is 6.10 Å². The monoisotopic (exact) mass is 276 g/mol. The van der Waals surface area contributed by atoms with Gasteiger partial charge >= 0.3 is 0 Å². The standard InChI is InChI=1S/C19H32O/c1-18-10-8-16-15(17(18)11-14(20)12-18)7-6-13-5-3-4-9-19(13,16)2/h13-17,20H,3-12H2,1-2H3/t13-,14+,15-,16+,17+,18-,19+/m1/s1. The van der Waals surface area contributed by atoms with Gasteiger partial charge in [0.1, 0.15) is 0 Å². The summed E-state index contributed by atoms with van der Waals surface area (Å²) in [6, 6.07) is 0. The number of hydrogen-bond acceptors (Lipinski definition) is 1. The van der Waals surface area contributed by atoms with Gasteiger partial charge in [-0.25, -0.2) is 0 Å². The van der Waals surface area contributed by atoms with E-state index in [9.17, 15) is 5.11 Å². The SMILES string of the molecule is C[C@]12CC[C@H]3[C@@H](CC[C@H]4CCCC[C@@]43C)[C@@H]1C[C@H](O)C2. The molecule has 4 rings (SSSR count). The van der Waals surface area contributed by atoms with Crippen LogP contribution in [-0.4, -0.2) is 11.2 Å². The van der Waals surface area contributed by atoms with E-state index < -0.39 is 0 Å². The van der Waals surface area contributed by atoms with Crippen LogP contribution in [0.1, 0.15) is 78.1 Å². The molecule has 0 heterocycles. The van der Waals surface area contributed by atoms with Crippen molar-refractivity contribution in [2.45, 2.75) is 84.2 Å². The lowest BCUT2D eigenvalue weighted by Crippen LogP contribution is -2.51. The van der Waals surface area contributed by atoms with E-state index >= 15 is 0 Å². The Hall–Kier alpha value is -0.0400. The summed E-state index contributed by atoms with van der Waals surface area (Å²) in [5.41, 5.74) is 1.12. The van der Waals surface area contributed by atoms with Gasteiger partial charge in [0.05, 0.1) is 6.10 Å². The first kappa shape index (κ1) is 13.6. The minimum atomic E-state index is 0.000588. The molecule has 4 aliphatic carbocycles. The molecule has 4 aliphatic rings. The zero-order valence-corrected chi connectivity index (χ0v) is 13.4. The van der Waals surface area contributed by atoms with Gasteiger partial charge in [0, 0.05) is 0 Å². The van der Waals surface area contributed by atoms with E-state index in [2.05, 4.69) is 13.8 Å². The van der Waals surface area contributed by atoms with Crippen LogP contribution in [0.25, 0.3) is 0 Å². The van der Waals surface area contributed by atoms with Crippen molar-refractivity contribution in [3.8, 4) is 0 Å². The number of aliphatic hydroxyl groups is 1. The second-order valence-electron chi connectivity index (χ2n) is 9.19. The van der Waals surface area contributed by atoms with E-state index in [0.29, 0.717) is 10.8 Å². The van der Waals surface area contributed by atoms with Crippen molar-refractivity contribution in [1.82, 2.24) is 0 Å². The maximum absolute atomic E-state index is 10.2. The summed E-state index contributed by atoms with van der Waals surface area (Å²) in [6.07, 6.45) is 13.9. The topological polar surface area (TPSA) is 20.2 Å². The first-order valence-corrected chi connectivity index (χ1v) is 9.21. The normalized spacial score (nSPS) is 58.6. The summed E-state index contributed by atoms with van der Waals surface area (Å²) < 4.78 is 0. The van der Waals surface area contributed by atoms with Crippen LogP contribution in [0.5, 0.6) is 0 Å². The highest BCUT2D eigenvalue weighted by molar-refractivity contribution is 5.07. The van der Waals surface area contributed by atoms with Crippen LogP contribution >= 0.6 is 0 Å². The maximum Gasteiger partial charge on any atom is 0.0548 e. The molecule has 1 heteroatoms. The van der Waals surface area contributed by atoms with Crippen molar-refractivity contribution in [3.63, 3.8) is 0 Å². The van der Waals surface area contributed by atoms with E-state index in [0.717, 1.165) is 36.5 Å². The molecule has 4 fully saturated rings. The third kappa shape index (κ3) is 1.77. The molecule has 20 heavy (non-hydrogen) atoms. The highest BCUT2D eigenvalue weighted by atomic mass is 16.3. The van der Waals surface area contributed by atoms with Gasteiger partial charge < -0.3 is 5.11 Å². The number of hydrogen-bond donors (Lipinski definition) is 1. The van der Waals surface area contributed by atoms with Crippen LogP contribution in [0.2, 0.25) is 0 Å². The first-order chi connectivity index (χ1) is 9.53. The molecule has 0 aromatic rings. The molecule has 0 saturated heterocycles. The molecule has 0 radical (unpaired) electrons. The lowest BCUT2D eigenvalue weighted by atomic mass is 9.45. The largest absolute Gasteiger partial charge is 0.393 e. The molecular formula is C19H32O. The van der Waals surface area contributed by atoms with Crippen molar-refractivity contribution in [2.75, 3.05) is 0 Å². The van der Waals surface area contributed by atoms with Gasteiger partial charge in [-0.2, -0.15) is 0 Å². The van der Waals surface area contributed by atoms with Gasteiger partial charge in [0.2, 0.25) is 0 Å². The molecule has 0 bridgehead atoms. The van der Waals surface area contributed by atoms with Gasteiger partial charge in [-0.3, -0.25) is 0 Å². The Bertz CT molecular complexity index is 391. The third-order valence-electron chi connectivity index (χ3n) is 8.33. The summed E-state index contributed by atoms with van der Waals surface area (Å²) in [6.45, 7) is 5.13. The second kappa shape index (κ2) is 4.48. The molecule has 0 aromatic heterocycles. The Morgan fingerprint density at radius 2 is 1.75 bits per heavy atom. The van der Waals surface area contributed by atoms with E-state index in [1.54, 1.807) is 0 Å². The number of aliphatic hydroxyl groups excluding tert-OH is 1. The Morgan fingerprint density at radius 3 is 2.60 bits per heavy atom. The summed E-state index contributed by atoms with van der Waals surface area (Å²) in [5, 5.41) is 10.2. The third-order valence-corrected chi connectivity index (χ3v) is 8.33. The van der Waals surface area contributed by atoms with Gasteiger partial charge in [0.15, 0.2) is 0 Å². The lowest BCUT2D eigenvalue weighted by Gasteiger charge is -2.60. The zero-order valence-electron chi connectivity index (χ0n) is 13.4. The number of fused-ring (bicyclic) bond motifs is 5. The van der Waals surface area contributed by atoms with E-state index in [1.165, 1.54) is 51.4 Å². The van der Waals surface area contributed by atoms with Crippen LogP contribution < -0.4 is 0 Å². The Labute approximate surface area is 124 Å². The van der Waals surface area contributed by atoms with Crippen molar-refractivity contribution >= 4 is 0 Å². The van der Waals surface area contributed by atoms with Gasteiger partial charge in [-0.15, -0.1) is 0 Å². The molecule has 1 nitrogen and oxygen atoms in total. The molecule has 114 valence electrons.